The monoisotopic (exact) mass is 1030 g/mol. The zero-order chi connectivity index (χ0) is 48.6. The Balaban J connectivity index is 1.23. The minimum Gasteiger partial charge on any atom is -0.495 e. The summed E-state index contributed by atoms with van der Waals surface area (Å²) in [6.07, 6.45) is 2.11. The number of carbonyl (C=O) groups excluding carboxylic acids is 2. The van der Waals surface area contributed by atoms with Crippen LogP contribution in [0.5, 0.6) is 11.5 Å². The number of sulfone groups is 2. The lowest BCUT2D eigenvalue weighted by molar-refractivity contribution is 0.101. The maximum atomic E-state index is 13.5. The third kappa shape index (κ3) is 11.3. The van der Waals surface area contributed by atoms with Gasteiger partial charge in [0.15, 0.2) is 19.7 Å². The summed E-state index contributed by atoms with van der Waals surface area (Å²) in [7, 11) is -23.3. The van der Waals surface area contributed by atoms with E-state index in [2.05, 4.69) is 10.6 Å². The van der Waals surface area contributed by atoms with Gasteiger partial charge in [0.1, 0.15) is 31.1 Å². The lowest BCUT2D eigenvalue weighted by Gasteiger charge is -2.26. The van der Waals surface area contributed by atoms with Crippen LogP contribution in [0.25, 0.3) is 12.2 Å². The van der Waals surface area contributed by atoms with Gasteiger partial charge in [-0.1, -0.05) is 24.3 Å². The van der Waals surface area contributed by atoms with Gasteiger partial charge >= 0.3 is 0 Å². The van der Waals surface area contributed by atoms with Crippen LogP contribution in [0.1, 0.15) is 31.8 Å². The summed E-state index contributed by atoms with van der Waals surface area (Å²) in [5.41, 5.74) is -1.35. The maximum absolute atomic E-state index is 13.5. The lowest BCUT2D eigenvalue weighted by Crippen LogP contribution is -2.43. The number of sulfonamides is 2. The zero-order valence-corrected chi connectivity index (χ0v) is 39.4. The van der Waals surface area contributed by atoms with Crippen LogP contribution >= 0.6 is 0 Å². The molecular formula is C38H40N4O18S6. The van der Waals surface area contributed by atoms with E-state index in [1.807, 2.05) is 0 Å². The number of rotatable bonds is 14. The van der Waals surface area contributed by atoms with Crippen molar-refractivity contribution in [2.24, 2.45) is 0 Å². The molecule has 4 N–H and O–H groups in total. The molecule has 4 aromatic rings. The Bertz CT molecular complexity index is 3110. The van der Waals surface area contributed by atoms with E-state index >= 15 is 0 Å². The Morgan fingerprint density at radius 3 is 1.17 bits per heavy atom. The molecule has 0 spiro atoms. The average Bonchev–Trinajstić information content (AvgIpc) is 3.24. The Morgan fingerprint density at radius 2 is 0.864 bits per heavy atom. The van der Waals surface area contributed by atoms with Gasteiger partial charge in [-0.2, -0.15) is 25.4 Å². The van der Waals surface area contributed by atoms with E-state index < -0.39 is 114 Å². The molecule has 22 nitrogen and oxygen atoms in total. The van der Waals surface area contributed by atoms with Crippen molar-refractivity contribution >= 4 is 95.3 Å². The van der Waals surface area contributed by atoms with Crippen molar-refractivity contribution in [3.8, 4) is 11.5 Å². The summed E-state index contributed by atoms with van der Waals surface area (Å²) in [6, 6.07) is 13.2. The fourth-order valence-electron chi connectivity index (χ4n) is 6.72. The Labute approximate surface area is 380 Å². The highest BCUT2D eigenvalue weighted by molar-refractivity contribution is 7.92. The predicted molar refractivity (Wildman–Crippen MR) is 238 cm³/mol. The van der Waals surface area contributed by atoms with Crippen LogP contribution in [0.3, 0.4) is 0 Å². The molecule has 0 atom stereocenters. The fraction of sp³-hybridized carbons (Fsp3) is 0.263. The van der Waals surface area contributed by atoms with Crippen molar-refractivity contribution in [1.82, 2.24) is 8.61 Å². The van der Waals surface area contributed by atoms with Crippen molar-refractivity contribution in [2.75, 3.05) is 74.0 Å². The first-order valence-electron chi connectivity index (χ1n) is 19.0. The van der Waals surface area contributed by atoms with Gasteiger partial charge in [-0.15, -0.1) is 0 Å². The third-order valence-electron chi connectivity index (χ3n) is 10.2. The van der Waals surface area contributed by atoms with Gasteiger partial charge < -0.3 is 20.1 Å². The van der Waals surface area contributed by atoms with Gasteiger partial charge in [0, 0.05) is 48.7 Å². The molecule has 2 fully saturated rings. The number of benzene rings is 4. The van der Waals surface area contributed by atoms with E-state index in [1.54, 1.807) is 0 Å². The summed E-state index contributed by atoms with van der Waals surface area (Å²) in [4.78, 5) is 24.3. The van der Waals surface area contributed by atoms with Gasteiger partial charge in [-0.3, -0.25) is 18.7 Å². The first-order valence-corrected chi connectivity index (χ1v) is 28.4. The first kappa shape index (κ1) is 50.1. The van der Waals surface area contributed by atoms with Gasteiger partial charge in [0.05, 0.1) is 37.2 Å². The van der Waals surface area contributed by atoms with Gasteiger partial charge in [0.25, 0.3) is 32.1 Å². The quantitative estimate of drug-likeness (QED) is 0.103. The van der Waals surface area contributed by atoms with Gasteiger partial charge in [-0.25, -0.2) is 33.7 Å². The molecule has 2 heterocycles. The molecule has 0 saturated carbocycles. The van der Waals surface area contributed by atoms with Crippen molar-refractivity contribution in [1.29, 1.82) is 0 Å². The maximum Gasteiger partial charge on any atom is 0.295 e. The van der Waals surface area contributed by atoms with Crippen LogP contribution in [0.15, 0.2) is 92.4 Å². The SMILES string of the molecule is COc1ccc(C(=O)Nc2ccc(C=Cc3ccc(NC(=O)c4ccc(OC)c(S(=O)(=O)N5CCS(=O)(=O)CC5)c4)cc3S(=O)(=O)O)c(S(=O)(=O)O)c2)cc1S(=O)(=O)N1CCS(=O)(=O)CC1. The van der Waals surface area contributed by atoms with Crippen LogP contribution in [-0.4, -0.2) is 143 Å². The number of anilines is 2. The standard InChI is InChI=1S/C38H40N4O18S6/c1-59-31-11-7-27(21-35(31)63(49,50)41-13-17-61(45,46)18-14-41)37(43)39-29-9-5-25(33(23-29)65(53,54)55)3-4-26-6-10-30(24-34(26)66(56,57)58)40-38(44)28-8-12-32(60-2)36(22-28)64(51,52)42-15-19-62(47,48)20-16-42/h3-12,21-24H,13-20H2,1-2H3,(H,39,43)(H,40,44)(H,53,54,55)(H,56,57,58). The minimum absolute atomic E-state index is 0.142. The number of hydrogen-bond donors (Lipinski definition) is 4. The van der Waals surface area contributed by atoms with E-state index in [0.717, 1.165) is 57.2 Å². The summed E-state index contributed by atoms with van der Waals surface area (Å²) in [6.45, 7) is -1.30. The number of methoxy groups -OCH3 is 2. The molecule has 0 radical (unpaired) electrons. The smallest absolute Gasteiger partial charge is 0.295 e. The minimum atomic E-state index is -5.06. The summed E-state index contributed by atoms with van der Waals surface area (Å²) >= 11 is 0. The highest BCUT2D eigenvalue weighted by Gasteiger charge is 2.35. The molecule has 0 aromatic heterocycles. The van der Waals surface area contributed by atoms with E-state index in [0.29, 0.717) is 0 Å². The van der Waals surface area contributed by atoms with Crippen molar-refractivity contribution in [2.45, 2.75) is 19.6 Å². The normalized spacial score (nSPS) is 17.2. The van der Waals surface area contributed by atoms with E-state index in [-0.39, 0.29) is 71.3 Å². The number of ether oxygens (including phenoxy) is 2. The first-order chi connectivity index (χ1) is 30.6. The molecule has 2 amide bonds. The number of amides is 2. The number of hydrogen-bond acceptors (Lipinski definition) is 16. The van der Waals surface area contributed by atoms with Crippen LogP contribution in [0.2, 0.25) is 0 Å². The molecule has 2 aliphatic heterocycles. The summed E-state index contributed by atoms with van der Waals surface area (Å²) in [5, 5.41) is 4.80. The van der Waals surface area contributed by atoms with E-state index in [4.69, 9.17) is 9.47 Å². The molecule has 28 heteroatoms. The molecule has 0 bridgehead atoms. The van der Waals surface area contributed by atoms with Crippen molar-refractivity contribution < 1.29 is 78.7 Å². The van der Waals surface area contributed by atoms with Crippen LogP contribution in [-0.2, 0) is 60.0 Å². The molecule has 0 unspecified atom stereocenters. The van der Waals surface area contributed by atoms with Crippen LogP contribution in [0, 0.1) is 0 Å². The second kappa shape index (κ2) is 18.8. The van der Waals surface area contributed by atoms with Crippen molar-refractivity contribution in [3.05, 3.63) is 95.1 Å². The fourth-order valence-corrected chi connectivity index (χ4v) is 14.3. The molecule has 2 saturated heterocycles. The molecule has 2 aliphatic rings. The second-order valence-electron chi connectivity index (χ2n) is 14.5. The number of nitrogens with zero attached hydrogens (tertiary/aromatic N) is 2. The highest BCUT2D eigenvalue weighted by atomic mass is 32.2. The molecular weight excluding hydrogens is 993 g/mol. The van der Waals surface area contributed by atoms with Gasteiger partial charge in [0.2, 0.25) is 20.0 Å². The van der Waals surface area contributed by atoms with Crippen LogP contribution < -0.4 is 20.1 Å². The lowest BCUT2D eigenvalue weighted by atomic mass is 10.1. The average molecular weight is 1030 g/mol. The Morgan fingerprint density at radius 1 is 0.530 bits per heavy atom. The van der Waals surface area contributed by atoms with E-state index in [9.17, 15) is 69.2 Å². The zero-order valence-electron chi connectivity index (χ0n) is 34.5. The summed E-state index contributed by atoms with van der Waals surface area (Å²) < 4.78 is 184. The predicted octanol–water partition coefficient (Wildman–Crippen LogP) is 1.71. The largest absolute Gasteiger partial charge is 0.495 e. The third-order valence-corrected chi connectivity index (χ3v) is 19.1. The van der Waals surface area contributed by atoms with E-state index in [1.165, 1.54) is 50.6 Å². The number of nitrogens with one attached hydrogen (secondary N) is 2. The molecule has 6 rings (SSSR count). The van der Waals surface area contributed by atoms with Gasteiger partial charge in [-0.05, 0) is 71.8 Å². The number of carbonyl (C=O) groups is 2. The highest BCUT2D eigenvalue weighted by Crippen LogP contribution is 2.32. The molecule has 66 heavy (non-hydrogen) atoms. The Hall–Kier alpha value is -5.30. The topological polar surface area (TPSA) is 328 Å². The van der Waals surface area contributed by atoms with Crippen molar-refractivity contribution in [3.63, 3.8) is 0 Å². The van der Waals surface area contributed by atoms with Crippen LogP contribution in [0.4, 0.5) is 11.4 Å². The second-order valence-corrected chi connectivity index (χ2v) is 25.7. The summed E-state index contributed by atoms with van der Waals surface area (Å²) in [5.74, 6) is -3.77. The molecule has 356 valence electrons. The molecule has 0 aliphatic carbocycles. The molecule has 4 aromatic carbocycles. The Kier molecular flexibility index (Phi) is 14.3.